The predicted molar refractivity (Wildman–Crippen MR) is 55.0 cm³/mol. The molecule has 2 aromatic rings. The van der Waals surface area contributed by atoms with Gasteiger partial charge >= 0.3 is 6.18 Å². The summed E-state index contributed by atoms with van der Waals surface area (Å²) in [6.45, 7) is 1.68. The molecule has 0 unspecified atom stereocenters. The van der Waals surface area contributed by atoms with Crippen molar-refractivity contribution >= 4 is 0 Å². The Morgan fingerprint density at radius 1 is 1.24 bits per heavy atom. The molecule has 90 valence electrons. The zero-order valence-corrected chi connectivity index (χ0v) is 8.86. The van der Waals surface area contributed by atoms with Crippen molar-refractivity contribution in [2.75, 3.05) is 0 Å². The third-order valence-electron chi connectivity index (χ3n) is 2.31. The largest absolute Gasteiger partial charge is 0.508 e. The molecule has 0 spiro atoms. The van der Waals surface area contributed by atoms with Crippen LogP contribution in [0, 0.1) is 6.92 Å². The van der Waals surface area contributed by atoms with Gasteiger partial charge in [-0.05, 0) is 36.8 Å². The summed E-state index contributed by atoms with van der Waals surface area (Å²) < 4.78 is 38.2. The maximum Gasteiger partial charge on any atom is 0.435 e. The van der Waals surface area contributed by atoms with Crippen LogP contribution < -0.4 is 0 Å². The molecule has 0 atom stereocenters. The molecule has 0 radical (unpaired) electrons. The second-order valence-corrected chi connectivity index (χ2v) is 3.61. The van der Waals surface area contributed by atoms with Gasteiger partial charge in [-0.25, -0.2) is 4.68 Å². The lowest BCUT2D eigenvalue weighted by Crippen LogP contribution is -2.07. The molecule has 0 saturated carbocycles. The number of alkyl halides is 3. The minimum absolute atomic E-state index is 0.0643. The van der Waals surface area contributed by atoms with Crippen molar-refractivity contribution < 1.29 is 18.3 Å². The molecular weight excluding hydrogens is 233 g/mol. The van der Waals surface area contributed by atoms with E-state index in [1.807, 2.05) is 0 Å². The molecule has 3 nitrogen and oxygen atoms in total. The zero-order chi connectivity index (χ0) is 12.6. The van der Waals surface area contributed by atoms with E-state index in [1.165, 1.54) is 24.4 Å². The van der Waals surface area contributed by atoms with E-state index in [0.29, 0.717) is 11.3 Å². The quantitative estimate of drug-likeness (QED) is 0.834. The monoisotopic (exact) mass is 242 g/mol. The molecule has 0 fully saturated rings. The molecule has 0 aliphatic rings. The number of phenolic OH excluding ortho intramolecular Hbond substituents is 1. The molecule has 2 rings (SSSR count). The average Bonchev–Trinajstić information content (AvgIpc) is 2.65. The highest BCUT2D eigenvalue weighted by Crippen LogP contribution is 2.28. The summed E-state index contributed by atoms with van der Waals surface area (Å²) in [5, 5.41) is 12.7. The molecule has 1 heterocycles. The maximum atomic E-state index is 12.4. The van der Waals surface area contributed by atoms with E-state index in [1.54, 1.807) is 6.92 Å². The number of phenols is 1. The maximum absolute atomic E-state index is 12.4. The van der Waals surface area contributed by atoms with E-state index in [2.05, 4.69) is 5.10 Å². The highest BCUT2D eigenvalue weighted by atomic mass is 19.4. The first-order chi connectivity index (χ1) is 7.88. The molecule has 0 saturated heterocycles. The molecule has 0 aliphatic heterocycles. The number of benzene rings is 1. The Balaban J connectivity index is 2.44. The summed E-state index contributed by atoms with van der Waals surface area (Å²) in [6.07, 6.45) is -3.21. The van der Waals surface area contributed by atoms with Crippen LogP contribution in [0.25, 0.3) is 5.69 Å². The number of nitrogens with zero attached hydrogens (tertiary/aromatic N) is 2. The fourth-order valence-corrected chi connectivity index (χ4v) is 1.51. The van der Waals surface area contributed by atoms with Gasteiger partial charge in [-0.3, -0.25) is 0 Å². The molecule has 6 heteroatoms. The van der Waals surface area contributed by atoms with Gasteiger partial charge in [0, 0.05) is 6.20 Å². The van der Waals surface area contributed by atoms with Gasteiger partial charge in [-0.1, -0.05) is 0 Å². The number of halogens is 3. The summed E-state index contributed by atoms with van der Waals surface area (Å²) in [5.41, 5.74) is 0.199. The van der Waals surface area contributed by atoms with Crippen LogP contribution in [0.5, 0.6) is 5.75 Å². The van der Waals surface area contributed by atoms with E-state index in [-0.39, 0.29) is 5.75 Å². The fourth-order valence-electron chi connectivity index (χ4n) is 1.51. The van der Waals surface area contributed by atoms with E-state index in [4.69, 9.17) is 0 Å². The van der Waals surface area contributed by atoms with Crippen LogP contribution in [0.3, 0.4) is 0 Å². The van der Waals surface area contributed by atoms with E-state index < -0.39 is 11.9 Å². The van der Waals surface area contributed by atoms with Gasteiger partial charge in [0.1, 0.15) is 5.75 Å². The smallest absolute Gasteiger partial charge is 0.435 e. The summed E-state index contributed by atoms with van der Waals surface area (Å²) in [5.74, 6) is 0.0643. The van der Waals surface area contributed by atoms with Crippen molar-refractivity contribution in [1.82, 2.24) is 9.78 Å². The number of rotatable bonds is 1. The van der Waals surface area contributed by atoms with Crippen LogP contribution in [0.15, 0.2) is 30.5 Å². The standard InChI is InChI=1S/C11H9F3N2O/c1-7-6-8(17)2-3-9(7)16-5-4-10(15-16)11(12,13)14/h2-6,17H,1H3. The number of hydrogen-bond donors (Lipinski definition) is 1. The van der Waals surface area contributed by atoms with E-state index in [9.17, 15) is 18.3 Å². The van der Waals surface area contributed by atoms with Gasteiger partial charge in [0.05, 0.1) is 5.69 Å². The molecule has 0 aliphatic carbocycles. The predicted octanol–water partition coefficient (Wildman–Crippen LogP) is 2.91. The van der Waals surface area contributed by atoms with Gasteiger partial charge in [0.15, 0.2) is 5.69 Å². The molecule has 1 aromatic heterocycles. The second-order valence-electron chi connectivity index (χ2n) is 3.61. The lowest BCUT2D eigenvalue weighted by atomic mass is 10.2. The first-order valence-electron chi connectivity index (χ1n) is 4.81. The normalized spacial score (nSPS) is 11.8. The van der Waals surface area contributed by atoms with Gasteiger partial charge in [0.2, 0.25) is 0 Å². The Kier molecular flexibility index (Phi) is 2.57. The minimum Gasteiger partial charge on any atom is -0.508 e. The molecule has 17 heavy (non-hydrogen) atoms. The highest BCUT2D eigenvalue weighted by molar-refractivity contribution is 5.44. The second kappa shape index (κ2) is 3.80. The molecule has 0 bridgehead atoms. The Labute approximate surface area is 95.1 Å². The van der Waals surface area contributed by atoms with E-state index >= 15 is 0 Å². The summed E-state index contributed by atoms with van der Waals surface area (Å²) in [7, 11) is 0. The minimum atomic E-state index is -4.45. The summed E-state index contributed by atoms with van der Waals surface area (Å²) in [6, 6.07) is 5.28. The third-order valence-corrected chi connectivity index (χ3v) is 2.31. The Morgan fingerprint density at radius 2 is 1.94 bits per heavy atom. The Bertz CT molecular complexity index is 546. The highest BCUT2D eigenvalue weighted by Gasteiger charge is 2.33. The lowest BCUT2D eigenvalue weighted by molar-refractivity contribution is -0.141. The topological polar surface area (TPSA) is 38.0 Å². The Hall–Kier alpha value is -1.98. The fraction of sp³-hybridized carbons (Fsp3) is 0.182. The molecule has 1 aromatic carbocycles. The van der Waals surface area contributed by atoms with Crippen molar-refractivity contribution in [3.63, 3.8) is 0 Å². The van der Waals surface area contributed by atoms with Crippen LogP contribution >= 0.6 is 0 Å². The first kappa shape index (κ1) is 11.5. The molecular formula is C11H9F3N2O. The lowest BCUT2D eigenvalue weighted by Gasteiger charge is -2.06. The number of aromatic hydroxyl groups is 1. The van der Waals surface area contributed by atoms with Crippen molar-refractivity contribution in [3.05, 3.63) is 41.7 Å². The summed E-state index contributed by atoms with van der Waals surface area (Å²) in [4.78, 5) is 0. The third kappa shape index (κ3) is 2.25. The van der Waals surface area contributed by atoms with Crippen LogP contribution in [0.1, 0.15) is 11.3 Å². The van der Waals surface area contributed by atoms with Crippen molar-refractivity contribution in [1.29, 1.82) is 0 Å². The van der Waals surface area contributed by atoms with Gasteiger partial charge in [-0.2, -0.15) is 18.3 Å². The van der Waals surface area contributed by atoms with Crippen molar-refractivity contribution in [3.8, 4) is 11.4 Å². The van der Waals surface area contributed by atoms with Crippen molar-refractivity contribution in [2.45, 2.75) is 13.1 Å². The number of hydrogen-bond acceptors (Lipinski definition) is 2. The first-order valence-corrected chi connectivity index (χ1v) is 4.81. The van der Waals surface area contributed by atoms with Crippen LogP contribution in [-0.4, -0.2) is 14.9 Å². The van der Waals surface area contributed by atoms with Gasteiger partial charge < -0.3 is 5.11 Å². The molecule has 1 N–H and O–H groups in total. The number of aryl methyl sites for hydroxylation is 1. The van der Waals surface area contributed by atoms with Crippen LogP contribution in [0.4, 0.5) is 13.2 Å². The average molecular weight is 242 g/mol. The van der Waals surface area contributed by atoms with Gasteiger partial charge in [-0.15, -0.1) is 0 Å². The molecule has 0 amide bonds. The van der Waals surface area contributed by atoms with Crippen LogP contribution in [0.2, 0.25) is 0 Å². The SMILES string of the molecule is Cc1cc(O)ccc1-n1ccc(C(F)(F)F)n1. The summed E-state index contributed by atoms with van der Waals surface area (Å²) >= 11 is 0. The Morgan fingerprint density at radius 3 is 2.47 bits per heavy atom. The van der Waals surface area contributed by atoms with Crippen molar-refractivity contribution in [2.24, 2.45) is 0 Å². The van der Waals surface area contributed by atoms with Gasteiger partial charge in [0.25, 0.3) is 0 Å². The van der Waals surface area contributed by atoms with E-state index in [0.717, 1.165) is 10.7 Å². The van der Waals surface area contributed by atoms with Crippen LogP contribution in [-0.2, 0) is 6.18 Å². The number of aromatic nitrogens is 2. The zero-order valence-electron chi connectivity index (χ0n) is 8.86.